The van der Waals surface area contributed by atoms with Gasteiger partial charge in [0.05, 0.1) is 6.54 Å². The van der Waals surface area contributed by atoms with Gasteiger partial charge in [0.2, 0.25) is 11.8 Å². The van der Waals surface area contributed by atoms with Crippen LogP contribution in [-0.4, -0.2) is 34.2 Å². The number of nitrogens with zero attached hydrogens (tertiary/aromatic N) is 3. The fourth-order valence-corrected chi connectivity index (χ4v) is 2.45. The summed E-state index contributed by atoms with van der Waals surface area (Å²) in [4.78, 5) is 2.30. The monoisotopic (exact) mass is 252 g/mol. The van der Waals surface area contributed by atoms with Crippen molar-refractivity contribution in [1.29, 1.82) is 0 Å². The second-order valence-electron chi connectivity index (χ2n) is 6.55. The molecule has 1 aliphatic heterocycles. The lowest BCUT2D eigenvalue weighted by molar-refractivity contribution is 0.144. The Labute approximate surface area is 109 Å². The minimum absolute atomic E-state index is 0.0865. The Kier molecular flexibility index (Phi) is 3.73. The van der Waals surface area contributed by atoms with Crippen molar-refractivity contribution in [3.63, 3.8) is 0 Å². The summed E-state index contributed by atoms with van der Waals surface area (Å²) >= 11 is 0. The van der Waals surface area contributed by atoms with E-state index in [-0.39, 0.29) is 11.5 Å². The van der Waals surface area contributed by atoms with E-state index >= 15 is 0 Å². The summed E-state index contributed by atoms with van der Waals surface area (Å²) in [7, 11) is 0. The van der Waals surface area contributed by atoms with Crippen LogP contribution in [0.1, 0.15) is 45.9 Å². The highest BCUT2D eigenvalue weighted by Crippen LogP contribution is 2.22. The Balaban J connectivity index is 1.99. The Hall–Kier alpha value is -0.940. The third kappa shape index (κ3) is 3.29. The van der Waals surface area contributed by atoms with E-state index in [2.05, 4.69) is 42.8 Å². The van der Waals surface area contributed by atoms with Crippen molar-refractivity contribution < 1.29 is 4.42 Å². The van der Waals surface area contributed by atoms with Gasteiger partial charge in [0.15, 0.2) is 0 Å². The molecule has 5 heteroatoms. The second kappa shape index (κ2) is 4.97. The van der Waals surface area contributed by atoms with Crippen LogP contribution in [0.2, 0.25) is 0 Å². The number of hydrogen-bond donors (Lipinski definition) is 1. The van der Waals surface area contributed by atoms with Gasteiger partial charge in [-0.1, -0.05) is 27.7 Å². The molecule has 102 valence electrons. The van der Waals surface area contributed by atoms with Gasteiger partial charge in [-0.05, 0) is 12.3 Å². The SMILES string of the molecule is CC1CC(N)CN(Cc2nnc(C(C)(C)C)o2)C1. The first-order valence-corrected chi connectivity index (χ1v) is 6.65. The summed E-state index contributed by atoms with van der Waals surface area (Å²) in [5.74, 6) is 2.03. The molecule has 18 heavy (non-hydrogen) atoms. The van der Waals surface area contributed by atoms with Gasteiger partial charge in [0.25, 0.3) is 0 Å². The highest BCUT2D eigenvalue weighted by Gasteiger charge is 2.25. The molecule has 5 nitrogen and oxygen atoms in total. The first-order valence-electron chi connectivity index (χ1n) is 6.65. The van der Waals surface area contributed by atoms with Gasteiger partial charge in [-0.3, -0.25) is 4.90 Å². The molecule has 0 spiro atoms. The van der Waals surface area contributed by atoms with Crippen LogP contribution in [-0.2, 0) is 12.0 Å². The lowest BCUT2D eigenvalue weighted by Crippen LogP contribution is -2.45. The first-order chi connectivity index (χ1) is 8.34. The van der Waals surface area contributed by atoms with Gasteiger partial charge >= 0.3 is 0 Å². The number of hydrogen-bond acceptors (Lipinski definition) is 5. The van der Waals surface area contributed by atoms with Crippen LogP contribution in [0.25, 0.3) is 0 Å². The van der Waals surface area contributed by atoms with Crippen LogP contribution in [0, 0.1) is 5.92 Å². The van der Waals surface area contributed by atoms with E-state index in [1.807, 2.05) is 0 Å². The largest absolute Gasteiger partial charge is 0.423 e. The van der Waals surface area contributed by atoms with Crippen molar-refractivity contribution >= 4 is 0 Å². The van der Waals surface area contributed by atoms with Crippen LogP contribution in [0.3, 0.4) is 0 Å². The van der Waals surface area contributed by atoms with E-state index in [1.165, 1.54) is 0 Å². The maximum atomic E-state index is 6.04. The van der Waals surface area contributed by atoms with Gasteiger partial charge < -0.3 is 10.2 Å². The second-order valence-corrected chi connectivity index (χ2v) is 6.55. The normalized spacial score (nSPS) is 26.5. The predicted molar refractivity (Wildman–Crippen MR) is 70.0 cm³/mol. The molecule has 0 amide bonds. The minimum atomic E-state index is -0.0865. The standard InChI is InChI=1S/C13H24N4O/c1-9-5-10(14)7-17(6-9)8-11-15-16-12(18-11)13(2,3)4/h9-10H,5-8,14H2,1-4H3. The topological polar surface area (TPSA) is 68.2 Å². The maximum absolute atomic E-state index is 6.04. The Morgan fingerprint density at radius 1 is 1.33 bits per heavy atom. The molecule has 2 unspecified atom stereocenters. The van der Waals surface area contributed by atoms with Crippen LogP contribution >= 0.6 is 0 Å². The van der Waals surface area contributed by atoms with Crippen molar-refractivity contribution in [2.75, 3.05) is 13.1 Å². The van der Waals surface area contributed by atoms with Crippen LogP contribution in [0.15, 0.2) is 4.42 Å². The molecule has 1 saturated heterocycles. The Morgan fingerprint density at radius 2 is 2.06 bits per heavy atom. The average Bonchev–Trinajstić information content (AvgIpc) is 2.63. The highest BCUT2D eigenvalue weighted by molar-refractivity contribution is 4.96. The molecule has 2 N–H and O–H groups in total. The average molecular weight is 252 g/mol. The fourth-order valence-electron chi connectivity index (χ4n) is 2.45. The van der Waals surface area contributed by atoms with Gasteiger partial charge in [-0.25, -0.2) is 0 Å². The predicted octanol–water partition coefficient (Wildman–Crippen LogP) is 1.54. The lowest BCUT2D eigenvalue weighted by atomic mass is 9.97. The first kappa shape index (κ1) is 13.5. The van der Waals surface area contributed by atoms with Crippen molar-refractivity contribution in [2.24, 2.45) is 11.7 Å². The molecule has 0 radical (unpaired) electrons. The molecule has 2 atom stereocenters. The zero-order valence-electron chi connectivity index (χ0n) is 11.8. The Bertz CT molecular complexity index is 386. The van der Waals surface area contributed by atoms with Gasteiger partial charge in [-0.2, -0.15) is 0 Å². The van der Waals surface area contributed by atoms with Gasteiger partial charge in [-0.15, -0.1) is 10.2 Å². The van der Waals surface area contributed by atoms with Crippen molar-refractivity contribution in [1.82, 2.24) is 15.1 Å². The number of rotatable bonds is 2. The molecular weight excluding hydrogens is 228 g/mol. The zero-order chi connectivity index (χ0) is 13.3. The van der Waals surface area contributed by atoms with E-state index in [0.717, 1.165) is 19.5 Å². The summed E-state index contributed by atoms with van der Waals surface area (Å²) in [5, 5.41) is 8.24. The lowest BCUT2D eigenvalue weighted by Gasteiger charge is -2.33. The van der Waals surface area contributed by atoms with Gasteiger partial charge in [0, 0.05) is 24.5 Å². The molecule has 0 aliphatic carbocycles. The minimum Gasteiger partial charge on any atom is -0.423 e. The molecule has 2 heterocycles. The quantitative estimate of drug-likeness (QED) is 0.864. The highest BCUT2D eigenvalue weighted by atomic mass is 16.4. The third-order valence-corrected chi connectivity index (χ3v) is 3.24. The van der Waals surface area contributed by atoms with Crippen LogP contribution < -0.4 is 5.73 Å². The van der Waals surface area contributed by atoms with Crippen LogP contribution in [0.4, 0.5) is 0 Å². The van der Waals surface area contributed by atoms with E-state index in [1.54, 1.807) is 0 Å². The molecule has 1 aliphatic rings. The van der Waals surface area contributed by atoms with E-state index < -0.39 is 0 Å². The smallest absolute Gasteiger partial charge is 0.230 e. The summed E-state index contributed by atoms with van der Waals surface area (Å²) in [5.41, 5.74) is 5.95. The number of likely N-dealkylation sites (tertiary alicyclic amines) is 1. The number of nitrogens with two attached hydrogens (primary N) is 1. The number of aromatic nitrogens is 2. The zero-order valence-corrected chi connectivity index (χ0v) is 11.8. The van der Waals surface area contributed by atoms with Crippen molar-refractivity contribution in [3.8, 4) is 0 Å². The van der Waals surface area contributed by atoms with Crippen molar-refractivity contribution in [2.45, 2.75) is 52.1 Å². The summed E-state index contributed by atoms with van der Waals surface area (Å²) in [6, 6.07) is 0.263. The molecular formula is C13H24N4O. The molecule has 0 aromatic carbocycles. The number of piperidine rings is 1. The molecule has 1 fully saturated rings. The van der Waals surface area contributed by atoms with Crippen LogP contribution in [0.5, 0.6) is 0 Å². The van der Waals surface area contributed by atoms with E-state index in [9.17, 15) is 0 Å². The van der Waals surface area contributed by atoms with E-state index in [4.69, 9.17) is 10.2 Å². The van der Waals surface area contributed by atoms with Crippen molar-refractivity contribution in [3.05, 3.63) is 11.8 Å². The molecule has 1 aromatic heterocycles. The fraction of sp³-hybridized carbons (Fsp3) is 0.846. The molecule has 1 aromatic rings. The molecule has 2 rings (SSSR count). The van der Waals surface area contributed by atoms with E-state index in [0.29, 0.717) is 24.2 Å². The maximum Gasteiger partial charge on any atom is 0.230 e. The third-order valence-electron chi connectivity index (χ3n) is 3.24. The van der Waals surface area contributed by atoms with Gasteiger partial charge in [0.1, 0.15) is 0 Å². The molecule has 0 bridgehead atoms. The summed E-state index contributed by atoms with van der Waals surface area (Å²) in [6.45, 7) is 11.1. The summed E-state index contributed by atoms with van der Waals surface area (Å²) in [6.07, 6.45) is 1.10. The summed E-state index contributed by atoms with van der Waals surface area (Å²) < 4.78 is 5.72. The molecule has 0 saturated carbocycles. The Morgan fingerprint density at radius 3 is 2.61 bits per heavy atom.